The maximum Gasteiger partial charge on any atom is 0.176 e. The summed E-state index contributed by atoms with van der Waals surface area (Å²) in [5.41, 5.74) is 3.01. The minimum Gasteiger partial charge on any atom is -0.496 e. The smallest absolute Gasteiger partial charge is 0.176 e. The van der Waals surface area contributed by atoms with E-state index in [1.807, 2.05) is 19.1 Å². The molecule has 0 aliphatic heterocycles. The lowest BCUT2D eigenvalue weighted by Gasteiger charge is -2.07. The van der Waals surface area contributed by atoms with Crippen LogP contribution in [0.4, 0.5) is 0 Å². The van der Waals surface area contributed by atoms with Gasteiger partial charge in [0.25, 0.3) is 0 Å². The Morgan fingerprint density at radius 2 is 2.11 bits per heavy atom. The fourth-order valence-corrected chi connectivity index (χ4v) is 2.83. The van der Waals surface area contributed by atoms with Gasteiger partial charge in [-0.15, -0.1) is 0 Å². The lowest BCUT2D eigenvalue weighted by Crippen LogP contribution is -2.05. The number of benzene rings is 1. The molecule has 1 aliphatic rings. The number of aryl methyl sites for hydroxylation is 1. The van der Waals surface area contributed by atoms with E-state index in [4.69, 9.17) is 4.74 Å². The SMILES string of the molecule is COc1cccc2c1c(C)c(C(C)=O)n2C1CC1. The maximum atomic E-state index is 11.9. The van der Waals surface area contributed by atoms with Gasteiger partial charge in [-0.3, -0.25) is 4.79 Å². The van der Waals surface area contributed by atoms with E-state index in [-0.39, 0.29) is 5.78 Å². The number of ketones is 1. The topological polar surface area (TPSA) is 31.2 Å². The molecular weight excluding hydrogens is 226 g/mol. The second-order valence-electron chi connectivity index (χ2n) is 4.99. The second-order valence-corrected chi connectivity index (χ2v) is 4.99. The van der Waals surface area contributed by atoms with Gasteiger partial charge in [0, 0.05) is 18.4 Å². The summed E-state index contributed by atoms with van der Waals surface area (Å²) in [5, 5.41) is 1.08. The van der Waals surface area contributed by atoms with Gasteiger partial charge in [0.15, 0.2) is 5.78 Å². The quantitative estimate of drug-likeness (QED) is 0.773. The molecule has 0 N–H and O–H groups in total. The lowest BCUT2D eigenvalue weighted by atomic mass is 10.1. The average molecular weight is 243 g/mol. The largest absolute Gasteiger partial charge is 0.496 e. The molecule has 1 aliphatic carbocycles. The fourth-order valence-electron chi connectivity index (χ4n) is 2.83. The summed E-state index contributed by atoms with van der Waals surface area (Å²) in [6.07, 6.45) is 2.33. The Hall–Kier alpha value is -1.77. The Morgan fingerprint density at radius 3 is 2.67 bits per heavy atom. The van der Waals surface area contributed by atoms with Crippen molar-refractivity contribution < 1.29 is 9.53 Å². The normalized spacial score (nSPS) is 15.1. The Balaban J connectivity index is 2.42. The molecule has 94 valence electrons. The van der Waals surface area contributed by atoms with Crippen molar-refractivity contribution in [3.8, 4) is 5.75 Å². The zero-order valence-electron chi connectivity index (χ0n) is 11.0. The van der Waals surface area contributed by atoms with Crippen LogP contribution in [0.5, 0.6) is 5.75 Å². The van der Waals surface area contributed by atoms with E-state index >= 15 is 0 Å². The van der Waals surface area contributed by atoms with Gasteiger partial charge in [-0.25, -0.2) is 0 Å². The Morgan fingerprint density at radius 1 is 1.39 bits per heavy atom. The summed E-state index contributed by atoms with van der Waals surface area (Å²) in [6.45, 7) is 3.66. The van der Waals surface area contributed by atoms with E-state index in [9.17, 15) is 4.79 Å². The highest BCUT2D eigenvalue weighted by atomic mass is 16.5. The van der Waals surface area contributed by atoms with Crippen LogP contribution < -0.4 is 4.74 Å². The van der Waals surface area contributed by atoms with Crippen LogP contribution in [-0.2, 0) is 0 Å². The van der Waals surface area contributed by atoms with E-state index in [0.29, 0.717) is 6.04 Å². The van der Waals surface area contributed by atoms with Gasteiger partial charge >= 0.3 is 0 Å². The first-order valence-corrected chi connectivity index (χ1v) is 6.33. The van der Waals surface area contributed by atoms with Gasteiger partial charge in [-0.1, -0.05) is 6.07 Å². The molecule has 18 heavy (non-hydrogen) atoms. The lowest BCUT2D eigenvalue weighted by molar-refractivity contribution is 0.100. The highest BCUT2D eigenvalue weighted by molar-refractivity contribution is 6.03. The van der Waals surface area contributed by atoms with E-state index in [1.165, 1.54) is 12.8 Å². The summed E-state index contributed by atoms with van der Waals surface area (Å²) in [5.74, 6) is 0.990. The molecule has 1 aromatic heterocycles. The van der Waals surface area contributed by atoms with E-state index in [2.05, 4.69) is 10.6 Å². The molecule has 0 amide bonds. The molecule has 0 unspecified atom stereocenters. The summed E-state index contributed by atoms with van der Waals surface area (Å²) in [4.78, 5) is 11.9. The molecule has 0 atom stereocenters. The Labute approximate surface area is 106 Å². The van der Waals surface area contributed by atoms with Crippen molar-refractivity contribution in [2.24, 2.45) is 0 Å². The molecule has 0 bridgehead atoms. The van der Waals surface area contributed by atoms with Crippen LogP contribution >= 0.6 is 0 Å². The minimum atomic E-state index is 0.137. The summed E-state index contributed by atoms with van der Waals surface area (Å²) in [7, 11) is 1.68. The first-order valence-electron chi connectivity index (χ1n) is 6.33. The first-order chi connectivity index (χ1) is 8.65. The molecule has 1 fully saturated rings. The number of carbonyl (C=O) groups excluding carboxylic acids is 1. The van der Waals surface area contributed by atoms with Gasteiger partial charge in [0.1, 0.15) is 5.75 Å². The van der Waals surface area contributed by atoms with Crippen LogP contribution in [0, 0.1) is 6.92 Å². The van der Waals surface area contributed by atoms with E-state index < -0.39 is 0 Å². The van der Waals surface area contributed by atoms with Gasteiger partial charge in [0.2, 0.25) is 0 Å². The molecule has 2 aromatic rings. The van der Waals surface area contributed by atoms with E-state index in [1.54, 1.807) is 14.0 Å². The second kappa shape index (κ2) is 3.87. The van der Waals surface area contributed by atoms with Gasteiger partial charge in [-0.2, -0.15) is 0 Å². The Kier molecular flexibility index (Phi) is 2.44. The van der Waals surface area contributed by atoms with Crippen molar-refractivity contribution in [1.29, 1.82) is 0 Å². The third-order valence-corrected chi connectivity index (χ3v) is 3.70. The number of hydrogen-bond donors (Lipinski definition) is 0. The van der Waals surface area contributed by atoms with Crippen molar-refractivity contribution in [3.05, 3.63) is 29.5 Å². The molecule has 0 radical (unpaired) electrons. The molecule has 3 nitrogen and oxygen atoms in total. The zero-order valence-corrected chi connectivity index (χ0v) is 11.0. The molecule has 0 saturated heterocycles. The summed E-state index contributed by atoms with van der Waals surface area (Å²) in [6, 6.07) is 6.52. The molecule has 1 aromatic carbocycles. The first kappa shape index (κ1) is 11.3. The van der Waals surface area contributed by atoms with Crippen LogP contribution in [0.15, 0.2) is 18.2 Å². The van der Waals surface area contributed by atoms with Gasteiger partial charge in [0.05, 0.1) is 18.3 Å². The van der Waals surface area contributed by atoms with Crippen molar-refractivity contribution in [2.75, 3.05) is 7.11 Å². The maximum absolute atomic E-state index is 11.9. The fraction of sp³-hybridized carbons (Fsp3) is 0.400. The number of nitrogens with zero attached hydrogens (tertiary/aromatic N) is 1. The number of fused-ring (bicyclic) bond motifs is 1. The van der Waals surface area contributed by atoms with Gasteiger partial charge in [-0.05, 0) is 37.5 Å². The standard InChI is InChI=1S/C15H17NO2/c1-9-14-12(5-4-6-13(14)18-3)16(11-7-8-11)15(9)10(2)17/h4-6,11H,7-8H2,1-3H3. The van der Waals surface area contributed by atoms with Crippen LogP contribution in [0.25, 0.3) is 10.9 Å². The predicted molar refractivity (Wildman–Crippen MR) is 71.5 cm³/mol. The van der Waals surface area contributed by atoms with Crippen LogP contribution in [0.3, 0.4) is 0 Å². The molecule has 0 spiro atoms. The summed E-state index contributed by atoms with van der Waals surface area (Å²) < 4.78 is 7.64. The van der Waals surface area contributed by atoms with Crippen LogP contribution in [-0.4, -0.2) is 17.5 Å². The van der Waals surface area contributed by atoms with Crippen LogP contribution in [0.1, 0.15) is 41.9 Å². The minimum absolute atomic E-state index is 0.137. The van der Waals surface area contributed by atoms with Crippen molar-refractivity contribution in [2.45, 2.75) is 32.7 Å². The Bertz CT molecular complexity index is 635. The number of ether oxygens (including phenoxy) is 1. The number of aromatic nitrogens is 1. The van der Waals surface area contributed by atoms with Crippen molar-refractivity contribution >= 4 is 16.7 Å². The molecule has 1 heterocycles. The number of rotatable bonds is 3. The van der Waals surface area contributed by atoms with Crippen molar-refractivity contribution in [3.63, 3.8) is 0 Å². The van der Waals surface area contributed by atoms with Crippen LogP contribution in [0.2, 0.25) is 0 Å². The third kappa shape index (κ3) is 1.47. The molecule has 1 saturated carbocycles. The average Bonchev–Trinajstić information content (AvgIpc) is 3.14. The highest BCUT2D eigenvalue weighted by Gasteiger charge is 2.30. The zero-order chi connectivity index (χ0) is 12.9. The van der Waals surface area contributed by atoms with Crippen molar-refractivity contribution in [1.82, 2.24) is 4.57 Å². The number of carbonyl (C=O) groups is 1. The predicted octanol–water partition coefficient (Wildman–Crippen LogP) is 3.50. The molecule has 3 heteroatoms. The molecule has 3 rings (SSSR count). The molecular formula is C15H17NO2. The third-order valence-electron chi connectivity index (χ3n) is 3.70. The number of methoxy groups -OCH3 is 1. The monoisotopic (exact) mass is 243 g/mol. The van der Waals surface area contributed by atoms with Gasteiger partial charge < -0.3 is 9.30 Å². The summed E-state index contributed by atoms with van der Waals surface area (Å²) >= 11 is 0. The number of hydrogen-bond acceptors (Lipinski definition) is 2. The highest BCUT2D eigenvalue weighted by Crippen LogP contribution is 2.43. The van der Waals surface area contributed by atoms with E-state index in [0.717, 1.165) is 27.9 Å². The number of Topliss-reactive ketones (excluding diaryl/α,β-unsaturated/α-hetero) is 1.